The Kier molecular flexibility index (Phi) is 4.65. The predicted octanol–water partition coefficient (Wildman–Crippen LogP) is 3.23. The third-order valence-corrected chi connectivity index (χ3v) is 7.25. The van der Waals surface area contributed by atoms with Crippen molar-refractivity contribution < 1.29 is 8.42 Å². The third kappa shape index (κ3) is 2.88. The molecule has 2 rings (SSSR count). The summed E-state index contributed by atoms with van der Waals surface area (Å²) in [6, 6.07) is 4.78. The standard InChI is InChI=1S/C11H13BrClNO2S2/c1-14(8-4-5-17-7-8)18(15,16)9-2-3-11(13)10(12)6-9/h2-3,6,8H,4-5,7H2,1H3. The van der Waals surface area contributed by atoms with Crippen LogP contribution in [0.1, 0.15) is 6.42 Å². The molecular weight excluding hydrogens is 358 g/mol. The zero-order chi connectivity index (χ0) is 13.3. The van der Waals surface area contributed by atoms with Crippen LogP contribution in [0.5, 0.6) is 0 Å². The van der Waals surface area contributed by atoms with Gasteiger partial charge >= 0.3 is 0 Å². The number of thioether (sulfide) groups is 1. The average Bonchev–Trinajstić information content (AvgIpc) is 2.85. The topological polar surface area (TPSA) is 37.4 Å². The molecule has 1 fully saturated rings. The second-order valence-corrected chi connectivity index (χ2v) is 8.52. The second-order valence-electron chi connectivity index (χ2n) is 4.11. The maximum Gasteiger partial charge on any atom is 0.243 e. The molecule has 0 aliphatic carbocycles. The van der Waals surface area contributed by atoms with Crippen molar-refractivity contribution in [2.75, 3.05) is 18.6 Å². The van der Waals surface area contributed by atoms with E-state index in [1.807, 2.05) is 0 Å². The van der Waals surface area contributed by atoms with E-state index in [1.165, 1.54) is 4.31 Å². The SMILES string of the molecule is CN(C1CCSC1)S(=O)(=O)c1ccc(Cl)c(Br)c1. The fourth-order valence-corrected chi connectivity index (χ4v) is 5.23. The van der Waals surface area contributed by atoms with E-state index in [0.29, 0.717) is 9.50 Å². The molecule has 1 heterocycles. The Morgan fingerprint density at radius 2 is 2.22 bits per heavy atom. The lowest BCUT2D eigenvalue weighted by Gasteiger charge is -2.23. The zero-order valence-electron chi connectivity index (χ0n) is 9.77. The molecule has 100 valence electrons. The van der Waals surface area contributed by atoms with Gasteiger partial charge in [0.05, 0.1) is 9.92 Å². The van der Waals surface area contributed by atoms with Gasteiger partial charge in [0.25, 0.3) is 0 Å². The van der Waals surface area contributed by atoms with Gasteiger partial charge in [-0.05, 0) is 46.3 Å². The van der Waals surface area contributed by atoms with Gasteiger partial charge in [0.2, 0.25) is 10.0 Å². The molecule has 1 saturated heterocycles. The Labute approximate surface area is 125 Å². The van der Waals surface area contributed by atoms with Crippen LogP contribution in [0.4, 0.5) is 0 Å². The number of hydrogen-bond acceptors (Lipinski definition) is 3. The van der Waals surface area contributed by atoms with Gasteiger partial charge in [0.1, 0.15) is 0 Å². The van der Waals surface area contributed by atoms with Gasteiger partial charge in [-0.2, -0.15) is 16.1 Å². The van der Waals surface area contributed by atoms with Crippen molar-refractivity contribution in [2.45, 2.75) is 17.4 Å². The molecule has 1 unspecified atom stereocenters. The largest absolute Gasteiger partial charge is 0.243 e. The van der Waals surface area contributed by atoms with Crippen molar-refractivity contribution in [3.63, 3.8) is 0 Å². The van der Waals surface area contributed by atoms with E-state index in [2.05, 4.69) is 15.9 Å². The van der Waals surface area contributed by atoms with Crippen LogP contribution in [-0.4, -0.2) is 37.3 Å². The van der Waals surface area contributed by atoms with E-state index in [-0.39, 0.29) is 10.9 Å². The molecule has 0 amide bonds. The fraction of sp³-hybridized carbons (Fsp3) is 0.455. The van der Waals surface area contributed by atoms with Crippen LogP contribution < -0.4 is 0 Å². The molecule has 1 aliphatic rings. The van der Waals surface area contributed by atoms with Crippen LogP contribution in [0, 0.1) is 0 Å². The van der Waals surface area contributed by atoms with E-state index in [0.717, 1.165) is 17.9 Å². The summed E-state index contributed by atoms with van der Waals surface area (Å²) in [6.07, 6.45) is 0.912. The van der Waals surface area contributed by atoms with E-state index >= 15 is 0 Å². The molecule has 0 aromatic heterocycles. The fourth-order valence-electron chi connectivity index (χ4n) is 1.81. The van der Waals surface area contributed by atoms with Gasteiger partial charge < -0.3 is 0 Å². The smallest absolute Gasteiger partial charge is 0.207 e. The lowest BCUT2D eigenvalue weighted by Crippen LogP contribution is -2.36. The van der Waals surface area contributed by atoms with Gasteiger partial charge in [-0.1, -0.05) is 11.6 Å². The summed E-state index contributed by atoms with van der Waals surface area (Å²) < 4.78 is 26.9. The molecule has 0 saturated carbocycles. The molecule has 1 aromatic carbocycles. The van der Waals surface area contributed by atoms with E-state index in [9.17, 15) is 8.42 Å². The summed E-state index contributed by atoms with van der Waals surface area (Å²) in [7, 11) is -1.78. The van der Waals surface area contributed by atoms with Crippen molar-refractivity contribution in [2.24, 2.45) is 0 Å². The minimum Gasteiger partial charge on any atom is -0.207 e. The maximum absolute atomic E-state index is 12.4. The Hall–Kier alpha value is 0.250. The monoisotopic (exact) mass is 369 g/mol. The van der Waals surface area contributed by atoms with Gasteiger partial charge in [-0.3, -0.25) is 0 Å². The Morgan fingerprint density at radius 1 is 1.50 bits per heavy atom. The van der Waals surface area contributed by atoms with Crippen molar-refractivity contribution in [1.29, 1.82) is 0 Å². The van der Waals surface area contributed by atoms with Crippen molar-refractivity contribution in [1.82, 2.24) is 4.31 Å². The van der Waals surface area contributed by atoms with Crippen LogP contribution in [0.15, 0.2) is 27.6 Å². The van der Waals surface area contributed by atoms with Crippen LogP contribution in [-0.2, 0) is 10.0 Å². The quantitative estimate of drug-likeness (QED) is 0.820. The Balaban J connectivity index is 2.32. The number of rotatable bonds is 3. The highest BCUT2D eigenvalue weighted by Gasteiger charge is 2.30. The molecule has 1 aromatic rings. The van der Waals surface area contributed by atoms with Crippen LogP contribution >= 0.6 is 39.3 Å². The minimum absolute atomic E-state index is 0.0921. The van der Waals surface area contributed by atoms with Crippen LogP contribution in [0.25, 0.3) is 0 Å². The molecule has 0 bridgehead atoms. The normalized spacial score (nSPS) is 20.6. The molecule has 1 aliphatic heterocycles. The van der Waals surface area contributed by atoms with Crippen molar-refractivity contribution in [3.05, 3.63) is 27.7 Å². The highest BCUT2D eigenvalue weighted by Crippen LogP contribution is 2.29. The number of sulfonamides is 1. The van der Waals surface area contributed by atoms with E-state index in [4.69, 9.17) is 11.6 Å². The second kappa shape index (κ2) is 5.71. The lowest BCUT2D eigenvalue weighted by atomic mass is 10.3. The van der Waals surface area contributed by atoms with Gasteiger partial charge in [-0.15, -0.1) is 0 Å². The molecule has 0 spiro atoms. The highest BCUT2D eigenvalue weighted by atomic mass is 79.9. The zero-order valence-corrected chi connectivity index (χ0v) is 13.7. The number of halogens is 2. The van der Waals surface area contributed by atoms with Crippen molar-refractivity contribution in [3.8, 4) is 0 Å². The first-order chi connectivity index (χ1) is 8.43. The first-order valence-corrected chi connectivity index (χ1v) is 9.20. The summed E-state index contributed by atoms with van der Waals surface area (Å²) in [6.45, 7) is 0. The summed E-state index contributed by atoms with van der Waals surface area (Å²) in [4.78, 5) is 0.276. The summed E-state index contributed by atoms with van der Waals surface area (Å²) in [5.41, 5.74) is 0. The molecule has 0 N–H and O–H groups in total. The molecule has 3 nitrogen and oxygen atoms in total. The van der Waals surface area contributed by atoms with Gasteiger partial charge in [0, 0.05) is 23.3 Å². The van der Waals surface area contributed by atoms with Gasteiger partial charge in [0.15, 0.2) is 0 Å². The first kappa shape index (κ1) is 14.7. The number of benzene rings is 1. The molecule has 0 radical (unpaired) electrons. The van der Waals surface area contributed by atoms with Crippen molar-refractivity contribution >= 4 is 49.3 Å². The summed E-state index contributed by atoms with van der Waals surface area (Å²) >= 11 is 10.9. The van der Waals surface area contributed by atoms with E-state index in [1.54, 1.807) is 37.0 Å². The van der Waals surface area contributed by atoms with Gasteiger partial charge in [-0.25, -0.2) is 8.42 Å². The third-order valence-electron chi connectivity index (χ3n) is 2.99. The maximum atomic E-state index is 12.4. The summed E-state index contributed by atoms with van der Waals surface area (Å²) in [5, 5.41) is 0.507. The van der Waals surface area contributed by atoms with Crippen LogP contribution in [0.2, 0.25) is 5.02 Å². The average molecular weight is 371 g/mol. The summed E-state index contributed by atoms with van der Waals surface area (Å²) in [5.74, 6) is 1.89. The number of nitrogens with zero attached hydrogens (tertiary/aromatic N) is 1. The molecule has 7 heteroatoms. The highest BCUT2D eigenvalue weighted by molar-refractivity contribution is 9.10. The minimum atomic E-state index is -3.43. The molecule has 18 heavy (non-hydrogen) atoms. The lowest BCUT2D eigenvalue weighted by molar-refractivity contribution is 0.394. The Morgan fingerprint density at radius 3 is 2.78 bits per heavy atom. The molecule has 1 atom stereocenters. The van der Waals surface area contributed by atoms with Crippen LogP contribution in [0.3, 0.4) is 0 Å². The number of hydrogen-bond donors (Lipinski definition) is 0. The Bertz CT molecular complexity index is 544. The predicted molar refractivity (Wildman–Crippen MR) is 79.8 cm³/mol. The molecular formula is C11H13BrClNO2S2. The van der Waals surface area contributed by atoms with E-state index < -0.39 is 10.0 Å². The first-order valence-electron chi connectivity index (χ1n) is 5.44.